The zero-order valence-corrected chi connectivity index (χ0v) is 44.5. The van der Waals surface area contributed by atoms with E-state index in [1.165, 1.54) is 10.5 Å². The third-order valence-electron chi connectivity index (χ3n) is 13.4. The van der Waals surface area contributed by atoms with Crippen molar-refractivity contribution >= 4 is 35.2 Å². The van der Waals surface area contributed by atoms with Crippen LogP contribution in [0.4, 0.5) is 4.79 Å². The van der Waals surface area contributed by atoms with E-state index in [2.05, 4.69) is 65.2 Å². The molecule has 0 aliphatic carbocycles. The van der Waals surface area contributed by atoms with E-state index in [-0.39, 0.29) is 47.7 Å². The van der Waals surface area contributed by atoms with Gasteiger partial charge in [-0.15, -0.1) is 0 Å². The van der Waals surface area contributed by atoms with Gasteiger partial charge in [-0.1, -0.05) is 53.7 Å². The van der Waals surface area contributed by atoms with Crippen LogP contribution in [-0.2, 0) is 48.0 Å². The summed E-state index contributed by atoms with van der Waals surface area (Å²) in [7, 11) is 7.02. The van der Waals surface area contributed by atoms with Gasteiger partial charge in [-0.3, -0.25) is 29.3 Å². The highest BCUT2D eigenvalue weighted by atomic mass is 16.6. The van der Waals surface area contributed by atoms with Gasteiger partial charge in [0.25, 0.3) is 5.91 Å². The Morgan fingerprint density at radius 2 is 1.69 bits per heavy atom. The first kappa shape index (κ1) is 56.4. The number of aromatic nitrogens is 2. The highest BCUT2D eigenvalue weighted by Gasteiger charge is 2.34. The van der Waals surface area contributed by atoms with Gasteiger partial charge in [-0.2, -0.15) is 0 Å². The van der Waals surface area contributed by atoms with Crippen molar-refractivity contribution in [1.82, 2.24) is 40.0 Å². The van der Waals surface area contributed by atoms with Gasteiger partial charge in [-0.05, 0) is 123 Å². The molecule has 0 spiro atoms. The third-order valence-corrected chi connectivity index (χ3v) is 13.4. The van der Waals surface area contributed by atoms with Crippen molar-refractivity contribution in [2.24, 2.45) is 11.3 Å². The first-order valence-electron chi connectivity index (χ1n) is 25.6. The maximum Gasteiger partial charge on any atom is 0.410 e. The van der Waals surface area contributed by atoms with Crippen LogP contribution in [0.25, 0.3) is 33.3 Å². The highest BCUT2D eigenvalue weighted by Crippen LogP contribution is 2.42. The van der Waals surface area contributed by atoms with E-state index in [1.807, 2.05) is 53.8 Å². The fourth-order valence-corrected chi connectivity index (χ4v) is 9.96. The van der Waals surface area contributed by atoms with Crippen molar-refractivity contribution in [3.05, 3.63) is 71.5 Å². The van der Waals surface area contributed by atoms with Gasteiger partial charge in [0.15, 0.2) is 0 Å². The summed E-state index contributed by atoms with van der Waals surface area (Å²) in [6.07, 6.45) is 7.15. The second kappa shape index (κ2) is 26.2. The molecule has 2 aromatic heterocycles. The molecule has 0 bridgehead atoms. The van der Waals surface area contributed by atoms with Crippen LogP contribution in [0.15, 0.2) is 54.7 Å². The zero-order valence-electron chi connectivity index (χ0n) is 44.5. The van der Waals surface area contributed by atoms with Crippen LogP contribution in [0.1, 0.15) is 104 Å². The molecule has 3 unspecified atom stereocenters. The fraction of sp³-hybridized carbons (Fsp3) is 0.582. The number of rotatable bonds is 18. The Balaban J connectivity index is 0.000000532. The Morgan fingerprint density at radius 1 is 0.986 bits per heavy atom. The number of pyridine rings is 1. The summed E-state index contributed by atoms with van der Waals surface area (Å²) < 4.78 is 19.1. The molecule has 0 saturated carbocycles. The van der Waals surface area contributed by atoms with Crippen molar-refractivity contribution < 1.29 is 38.5 Å². The van der Waals surface area contributed by atoms with Crippen LogP contribution in [0.5, 0.6) is 5.75 Å². The standard InChI is InChI=1S/C44H60N6O6.C9H16N2O2.C2H6/c1-10-49-38-16-15-31(24-35(38)36(25-44(5,6)26-55-8)41(49)34-14-13-17-45-39(34)29(4)56-9)32-20-30(21-33(52)23-32)22-37(43(54)50-19-12-11-18-46-50)47-42(53)40(28(2)3)48(7)27-51;1-10-6-8(7-10)13-9(12)11-4-2-3-5-11;1-2/h13-17,20-21,23-24,27-29,37,40,46,52H,10-12,18-19,22,25-26H2,1-9H3,(H,47,53);8H,2-7H2,1H3;1-2H3. The van der Waals surface area contributed by atoms with Crippen LogP contribution >= 0.6 is 0 Å². The maximum atomic E-state index is 14.0. The lowest BCUT2D eigenvalue weighted by Crippen LogP contribution is -2.58. The number of ether oxygens (including phenoxy) is 3. The number of carbonyl (C=O) groups is 4. The molecule has 3 N–H and O–H groups in total. The average molecular weight is 983 g/mol. The van der Waals surface area contributed by atoms with Gasteiger partial charge >= 0.3 is 6.09 Å². The van der Waals surface area contributed by atoms with Crippen LogP contribution < -0.4 is 10.7 Å². The average Bonchev–Trinajstić information content (AvgIpc) is 4.00. The number of aryl methyl sites for hydroxylation is 1. The fourth-order valence-electron chi connectivity index (χ4n) is 9.96. The van der Waals surface area contributed by atoms with E-state index in [0.717, 1.165) is 104 Å². The van der Waals surface area contributed by atoms with E-state index in [9.17, 15) is 24.3 Å². The second-order valence-electron chi connectivity index (χ2n) is 20.0. The molecular weight excluding hydrogens is 901 g/mol. The minimum atomic E-state index is -0.939. The van der Waals surface area contributed by atoms with Crippen molar-refractivity contribution in [2.45, 2.75) is 125 Å². The molecule has 7 rings (SSSR count). The lowest BCUT2D eigenvalue weighted by molar-refractivity contribution is -0.142. The number of hydrogen-bond donors (Lipinski definition) is 3. The van der Waals surface area contributed by atoms with Crippen LogP contribution in [0.3, 0.4) is 0 Å². The summed E-state index contributed by atoms with van der Waals surface area (Å²) in [4.78, 5) is 60.9. The third kappa shape index (κ3) is 14.3. The summed E-state index contributed by atoms with van der Waals surface area (Å²) in [5.41, 5.74) is 10.6. The van der Waals surface area contributed by atoms with Crippen LogP contribution in [-0.4, -0.2) is 151 Å². The minimum absolute atomic E-state index is 0.0498. The minimum Gasteiger partial charge on any atom is -0.508 e. The van der Waals surface area contributed by atoms with Crippen molar-refractivity contribution in [3.8, 4) is 28.1 Å². The van der Waals surface area contributed by atoms with Gasteiger partial charge in [0.2, 0.25) is 12.3 Å². The molecule has 2 aromatic carbocycles. The first-order valence-corrected chi connectivity index (χ1v) is 25.6. The van der Waals surface area contributed by atoms with E-state index >= 15 is 0 Å². The number of hydrazine groups is 1. The molecule has 390 valence electrons. The summed E-state index contributed by atoms with van der Waals surface area (Å²) in [6, 6.07) is 14.1. The van der Waals surface area contributed by atoms with Crippen molar-refractivity contribution in [1.29, 1.82) is 0 Å². The van der Waals surface area contributed by atoms with Crippen LogP contribution in [0, 0.1) is 11.3 Å². The molecule has 71 heavy (non-hydrogen) atoms. The predicted molar refractivity (Wildman–Crippen MR) is 280 cm³/mol. The van der Waals surface area contributed by atoms with Gasteiger partial charge in [-0.25, -0.2) is 10.2 Å². The van der Waals surface area contributed by atoms with Gasteiger partial charge in [0.1, 0.15) is 23.9 Å². The number of phenols is 1. The van der Waals surface area contributed by atoms with Crippen LogP contribution in [0.2, 0.25) is 0 Å². The van der Waals surface area contributed by atoms with Gasteiger partial charge in [0, 0.05) is 96.2 Å². The molecule has 3 aliphatic heterocycles. The largest absolute Gasteiger partial charge is 0.508 e. The number of phenolic OH excluding ortho intramolecular Hbond substituents is 1. The number of hydrogen-bond acceptors (Lipinski definition) is 11. The number of fused-ring (bicyclic) bond motifs is 1. The monoisotopic (exact) mass is 983 g/mol. The van der Waals surface area contributed by atoms with Crippen molar-refractivity contribution in [2.75, 3.05) is 74.2 Å². The van der Waals surface area contributed by atoms with E-state index in [4.69, 9.17) is 19.2 Å². The molecule has 4 aromatic rings. The number of nitrogens with zero attached hydrogens (tertiary/aromatic N) is 6. The van der Waals surface area contributed by atoms with E-state index < -0.39 is 18.0 Å². The Bertz CT molecular complexity index is 2380. The molecule has 3 fully saturated rings. The molecule has 3 aliphatic rings. The number of amides is 4. The number of carbonyl (C=O) groups excluding carboxylic acids is 4. The normalized spacial score (nSPS) is 16.5. The number of likely N-dealkylation sites (tertiary alicyclic amines) is 2. The Morgan fingerprint density at radius 3 is 2.30 bits per heavy atom. The first-order chi connectivity index (χ1) is 34.0. The number of nitrogens with one attached hydrogen (secondary N) is 2. The summed E-state index contributed by atoms with van der Waals surface area (Å²) >= 11 is 0. The molecular formula is C55H82N8O8. The predicted octanol–water partition coefficient (Wildman–Crippen LogP) is 7.84. The Labute approximate surface area is 422 Å². The summed E-state index contributed by atoms with van der Waals surface area (Å²) in [6.45, 7) is 22.3. The van der Waals surface area contributed by atoms with E-state index in [0.29, 0.717) is 31.7 Å². The van der Waals surface area contributed by atoms with Gasteiger partial charge < -0.3 is 39.0 Å². The van der Waals surface area contributed by atoms with Gasteiger partial charge in [0.05, 0.1) is 24.1 Å². The number of methoxy groups -OCH3 is 2. The SMILES string of the molecule is CC.CCn1c(-c2cccnc2C(C)OC)c(CC(C)(C)COC)c2cc(-c3cc(O)cc(CC(NC(=O)C(C(C)C)N(C)C=O)C(=O)N4CCCCN4)c3)ccc21.CN1CC(OC(=O)N2CCCC2)C1. The second-order valence-corrected chi connectivity index (χ2v) is 20.0. The molecule has 3 saturated heterocycles. The highest BCUT2D eigenvalue weighted by molar-refractivity contribution is 5.95. The molecule has 5 heterocycles. The smallest absolute Gasteiger partial charge is 0.410 e. The Kier molecular flexibility index (Phi) is 20.8. The molecule has 16 nitrogen and oxygen atoms in total. The molecule has 0 radical (unpaired) electrons. The number of likely N-dealkylation sites (N-methyl/N-ethyl adjacent to an activating group) is 2. The number of aromatic hydroxyl groups is 1. The Hall–Kier alpha value is -5.55. The summed E-state index contributed by atoms with van der Waals surface area (Å²) in [5.74, 6) is -0.811. The topological polar surface area (TPSA) is 171 Å². The van der Waals surface area contributed by atoms with Crippen molar-refractivity contribution in [3.63, 3.8) is 0 Å². The molecule has 3 atom stereocenters. The quantitative estimate of drug-likeness (QED) is 0.0830. The van der Waals surface area contributed by atoms with E-state index in [1.54, 1.807) is 49.5 Å². The molecule has 16 heteroatoms. The lowest BCUT2D eigenvalue weighted by Gasteiger charge is -2.36. The number of benzene rings is 2. The summed E-state index contributed by atoms with van der Waals surface area (Å²) in [5, 5.41) is 16.8. The maximum absolute atomic E-state index is 14.0. The lowest BCUT2D eigenvalue weighted by atomic mass is 9.84. The zero-order chi connectivity index (χ0) is 52.0. The molecule has 4 amide bonds.